The van der Waals surface area contributed by atoms with Gasteiger partial charge in [-0.25, -0.2) is 4.98 Å². The third-order valence-electron chi connectivity index (χ3n) is 2.59. The average Bonchev–Trinajstić information content (AvgIpc) is 2.98. The van der Waals surface area contributed by atoms with Crippen molar-refractivity contribution in [2.24, 2.45) is 0 Å². The molecule has 0 bridgehead atoms. The Morgan fingerprint density at radius 3 is 3.11 bits per heavy atom. The third kappa shape index (κ3) is 2.04. The van der Waals surface area contributed by atoms with Crippen LogP contribution in [0.4, 0.5) is 5.82 Å². The molecule has 0 aromatic carbocycles. The van der Waals surface area contributed by atoms with Gasteiger partial charge in [-0.3, -0.25) is 0 Å². The molecule has 6 heteroatoms. The fourth-order valence-corrected chi connectivity index (χ4v) is 1.77. The summed E-state index contributed by atoms with van der Waals surface area (Å²) < 4.78 is 10.2. The molecule has 3 aromatic rings. The van der Waals surface area contributed by atoms with Gasteiger partial charge in [0.15, 0.2) is 5.82 Å². The van der Waals surface area contributed by atoms with E-state index < -0.39 is 0 Å². The van der Waals surface area contributed by atoms with E-state index >= 15 is 0 Å². The van der Waals surface area contributed by atoms with Gasteiger partial charge in [-0.15, -0.1) is 0 Å². The monoisotopic (exact) mass is 244 g/mol. The maximum atomic E-state index is 5.31. The quantitative estimate of drug-likeness (QED) is 0.757. The van der Waals surface area contributed by atoms with Crippen molar-refractivity contribution in [2.75, 3.05) is 11.9 Å². The summed E-state index contributed by atoms with van der Waals surface area (Å²) >= 11 is 0. The predicted molar refractivity (Wildman–Crippen MR) is 65.2 cm³/mol. The first-order valence-corrected chi connectivity index (χ1v) is 5.68. The summed E-state index contributed by atoms with van der Waals surface area (Å²) in [7, 11) is 0. The normalized spacial score (nSPS) is 10.9. The van der Waals surface area contributed by atoms with Crippen LogP contribution in [-0.2, 0) is 6.42 Å². The number of pyridine rings is 1. The van der Waals surface area contributed by atoms with Gasteiger partial charge in [0.05, 0.1) is 11.6 Å². The fraction of sp³-hybridized carbons (Fsp3) is 0.250. The zero-order chi connectivity index (χ0) is 12.4. The Labute approximate surface area is 103 Å². The summed E-state index contributed by atoms with van der Waals surface area (Å²) in [5, 5.41) is 8.05. The molecule has 0 aliphatic rings. The van der Waals surface area contributed by atoms with E-state index in [0.717, 1.165) is 16.8 Å². The number of nitrogens with zero attached hydrogens (tertiary/aromatic N) is 3. The summed E-state index contributed by atoms with van der Waals surface area (Å²) in [6, 6.07) is 3.73. The zero-order valence-electron chi connectivity index (χ0n) is 9.88. The van der Waals surface area contributed by atoms with Gasteiger partial charge in [-0.1, -0.05) is 5.16 Å². The molecule has 3 rings (SSSR count). The topological polar surface area (TPSA) is 77.0 Å². The van der Waals surface area contributed by atoms with Crippen LogP contribution in [0.3, 0.4) is 0 Å². The van der Waals surface area contributed by atoms with Crippen LogP contribution in [0, 0.1) is 6.92 Å². The lowest BCUT2D eigenvalue weighted by Gasteiger charge is -2.03. The van der Waals surface area contributed by atoms with Crippen molar-refractivity contribution in [2.45, 2.75) is 13.3 Å². The summed E-state index contributed by atoms with van der Waals surface area (Å²) in [5.74, 6) is 2.08. The highest BCUT2D eigenvalue weighted by Crippen LogP contribution is 2.21. The number of hydrogen-bond acceptors (Lipinski definition) is 6. The van der Waals surface area contributed by atoms with Crippen molar-refractivity contribution in [1.82, 2.24) is 15.1 Å². The molecule has 18 heavy (non-hydrogen) atoms. The molecule has 0 amide bonds. The first-order valence-electron chi connectivity index (χ1n) is 5.68. The van der Waals surface area contributed by atoms with E-state index in [1.54, 1.807) is 19.4 Å². The Hall–Kier alpha value is -2.37. The van der Waals surface area contributed by atoms with Crippen LogP contribution in [0.15, 0.2) is 33.5 Å². The van der Waals surface area contributed by atoms with Crippen molar-refractivity contribution < 1.29 is 8.94 Å². The van der Waals surface area contributed by atoms with E-state index in [2.05, 4.69) is 20.4 Å². The van der Waals surface area contributed by atoms with Crippen LogP contribution in [0.1, 0.15) is 11.7 Å². The van der Waals surface area contributed by atoms with E-state index in [-0.39, 0.29) is 0 Å². The lowest BCUT2D eigenvalue weighted by Crippen LogP contribution is -2.07. The summed E-state index contributed by atoms with van der Waals surface area (Å²) in [6.45, 7) is 2.47. The Bertz CT molecular complexity index is 659. The van der Waals surface area contributed by atoms with Gasteiger partial charge in [0, 0.05) is 26.1 Å². The molecule has 0 atom stereocenters. The molecule has 1 N–H and O–H groups in total. The molecule has 0 saturated carbocycles. The van der Waals surface area contributed by atoms with E-state index in [9.17, 15) is 0 Å². The number of aryl methyl sites for hydroxylation is 1. The fourth-order valence-electron chi connectivity index (χ4n) is 1.77. The molecule has 0 saturated heterocycles. The Balaban J connectivity index is 1.68. The maximum absolute atomic E-state index is 5.31. The third-order valence-corrected chi connectivity index (χ3v) is 2.59. The van der Waals surface area contributed by atoms with Crippen molar-refractivity contribution in [3.63, 3.8) is 0 Å². The van der Waals surface area contributed by atoms with Gasteiger partial charge >= 0.3 is 0 Å². The smallest absolute Gasteiger partial charge is 0.223 e. The highest BCUT2D eigenvalue weighted by atomic mass is 16.5. The predicted octanol–water partition coefficient (Wildman–Crippen LogP) is 2.17. The molecule has 3 heterocycles. The van der Waals surface area contributed by atoms with Gasteiger partial charge in [0.2, 0.25) is 5.89 Å². The van der Waals surface area contributed by atoms with Crippen molar-refractivity contribution >= 4 is 16.8 Å². The molecular formula is C12H12N4O2. The van der Waals surface area contributed by atoms with E-state index in [1.165, 1.54) is 0 Å². The molecule has 3 aromatic heterocycles. The second kappa shape index (κ2) is 4.48. The molecule has 0 fully saturated rings. The lowest BCUT2D eigenvalue weighted by atomic mass is 10.3. The largest absolute Gasteiger partial charge is 0.464 e. The molecule has 0 aliphatic heterocycles. The Morgan fingerprint density at radius 2 is 2.28 bits per heavy atom. The van der Waals surface area contributed by atoms with Crippen molar-refractivity contribution in [1.29, 1.82) is 0 Å². The number of fused-ring (bicyclic) bond motifs is 1. The van der Waals surface area contributed by atoms with Crippen LogP contribution >= 0.6 is 0 Å². The minimum atomic E-state index is 0.583. The van der Waals surface area contributed by atoms with E-state index in [4.69, 9.17) is 8.94 Å². The number of rotatable bonds is 4. The second-order valence-corrected chi connectivity index (χ2v) is 3.90. The first kappa shape index (κ1) is 10.8. The maximum Gasteiger partial charge on any atom is 0.223 e. The highest BCUT2D eigenvalue weighted by molar-refractivity contribution is 5.87. The van der Waals surface area contributed by atoms with Gasteiger partial charge in [-0.05, 0) is 12.1 Å². The summed E-state index contributed by atoms with van der Waals surface area (Å²) in [6.07, 6.45) is 4.06. The number of nitrogens with one attached hydrogen (secondary N) is 1. The number of aromatic nitrogens is 3. The lowest BCUT2D eigenvalue weighted by molar-refractivity contribution is 0.387. The van der Waals surface area contributed by atoms with Gasteiger partial charge < -0.3 is 14.3 Å². The first-order chi connectivity index (χ1) is 8.83. The van der Waals surface area contributed by atoms with Crippen LogP contribution in [0.5, 0.6) is 0 Å². The molecular weight excluding hydrogens is 232 g/mol. The second-order valence-electron chi connectivity index (χ2n) is 3.90. The van der Waals surface area contributed by atoms with Crippen LogP contribution in [-0.4, -0.2) is 21.7 Å². The Morgan fingerprint density at radius 1 is 1.33 bits per heavy atom. The standard InChI is InChI=1S/C12H12N4O2/c1-8-15-11(16-18-8)3-6-14-12-9-4-7-17-10(9)2-5-13-12/h2,4-5,7H,3,6H2,1H3,(H,13,14). The van der Waals surface area contributed by atoms with E-state index in [0.29, 0.717) is 24.7 Å². The van der Waals surface area contributed by atoms with Crippen LogP contribution < -0.4 is 5.32 Å². The van der Waals surface area contributed by atoms with Gasteiger partial charge in [0.25, 0.3) is 0 Å². The van der Waals surface area contributed by atoms with Crippen LogP contribution in [0.2, 0.25) is 0 Å². The highest BCUT2D eigenvalue weighted by Gasteiger charge is 2.05. The minimum absolute atomic E-state index is 0.583. The summed E-state index contributed by atoms with van der Waals surface area (Å²) in [4.78, 5) is 8.42. The van der Waals surface area contributed by atoms with Crippen molar-refractivity contribution in [3.05, 3.63) is 36.3 Å². The minimum Gasteiger partial charge on any atom is -0.464 e. The molecule has 0 radical (unpaired) electrons. The van der Waals surface area contributed by atoms with Gasteiger partial charge in [0.1, 0.15) is 11.4 Å². The SMILES string of the molecule is Cc1nc(CCNc2nccc3occc23)no1. The molecule has 92 valence electrons. The Kier molecular flexibility index (Phi) is 2.68. The van der Waals surface area contributed by atoms with E-state index in [1.807, 2.05) is 12.1 Å². The molecule has 0 unspecified atom stereocenters. The molecule has 6 nitrogen and oxygen atoms in total. The average molecular weight is 244 g/mol. The number of anilines is 1. The molecule has 0 aliphatic carbocycles. The zero-order valence-corrected chi connectivity index (χ0v) is 9.88. The molecule has 0 spiro atoms. The van der Waals surface area contributed by atoms with Gasteiger partial charge in [-0.2, -0.15) is 4.98 Å². The summed E-state index contributed by atoms with van der Waals surface area (Å²) in [5.41, 5.74) is 0.822. The van der Waals surface area contributed by atoms with Crippen molar-refractivity contribution in [3.8, 4) is 0 Å². The number of furan rings is 1. The number of hydrogen-bond donors (Lipinski definition) is 1. The van der Waals surface area contributed by atoms with Crippen LogP contribution in [0.25, 0.3) is 11.0 Å².